The van der Waals surface area contributed by atoms with E-state index in [0.717, 1.165) is 0 Å². The van der Waals surface area contributed by atoms with Crippen LogP contribution in [0.25, 0.3) is 11.5 Å². The van der Waals surface area contributed by atoms with E-state index >= 15 is 0 Å². The minimum Gasteiger partial charge on any atom is -0.463 e. The first-order chi connectivity index (χ1) is 11.2. The van der Waals surface area contributed by atoms with Gasteiger partial charge in [0, 0.05) is 22.4 Å². The summed E-state index contributed by atoms with van der Waals surface area (Å²) in [5.74, 6) is 0.760. The van der Waals surface area contributed by atoms with Gasteiger partial charge in [0.25, 0.3) is 0 Å². The van der Waals surface area contributed by atoms with Gasteiger partial charge in [0.05, 0.1) is 6.26 Å². The molecular weight excluding hydrogens is 335 g/mol. The van der Waals surface area contributed by atoms with Crippen molar-refractivity contribution in [2.24, 2.45) is 0 Å². The van der Waals surface area contributed by atoms with Gasteiger partial charge in [0.1, 0.15) is 11.5 Å². The maximum Gasteiger partial charge on any atom is 0.226 e. The summed E-state index contributed by atoms with van der Waals surface area (Å²) in [5, 5.41) is 5.09. The molecule has 0 aliphatic carbocycles. The lowest BCUT2D eigenvalue weighted by atomic mass is 10.3. The number of rotatable bonds is 6. The highest BCUT2D eigenvalue weighted by atomic mass is 32.2. The SMILES string of the molecule is O=C(CCSc1ccccc1F)Nc1nc(-c2ccco2)cs1. The Kier molecular flexibility index (Phi) is 5.09. The summed E-state index contributed by atoms with van der Waals surface area (Å²) in [6, 6.07) is 10.1. The van der Waals surface area contributed by atoms with Crippen molar-refractivity contribution in [2.75, 3.05) is 11.1 Å². The van der Waals surface area contributed by atoms with Gasteiger partial charge in [-0.25, -0.2) is 9.37 Å². The van der Waals surface area contributed by atoms with Gasteiger partial charge in [-0.3, -0.25) is 4.79 Å². The molecule has 7 heteroatoms. The zero-order valence-electron chi connectivity index (χ0n) is 12.0. The molecule has 3 rings (SSSR count). The molecule has 1 N–H and O–H groups in total. The maximum absolute atomic E-state index is 13.5. The van der Waals surface area contributed by atoms with E-state index in [1.54, 1.807) is 30.5 Å². The number of thioether (sulfide) groups is 1. The zero-order chi connectivity index (χ0) is 16.1. The molecule has 23 heavy (non-hydrogen) atoms. The van der Waals surface area contributed by atoms with Crippen LogP contribution in [0.3, 0.4) is 0 Å². The first kappa shape index (κ1) is 15.8. The molecule has 0 saturated carbocycles. The summed E-state index contributed by atoms with van der Waals surface area (Å²) >= 11 is 2.66. The van der Waals surface area contributed by atoms with Crippen LogP contribution in [0.1, 0.15) is 6.42 Å². The number of carbonyl (C=O) groups is 1. The van der Waals surface area contributed by atoms with Crippen LogP contribution in [0.15, 0.2) is 57.4 Å². The molecule has 2 heterocycles. The van der Waals surface area contributed by atoms with E-state index in [1.807, 2.05) is 11.4 Å². The average Bonchev–Trinajstić information content (AvgIpc) is 3.20. The molecule has 0 aliphatic heterocycles. The van der Waals surface area contributed by atoms with Crippen LogP contribution in [-0.4, -0.2) is 16.6 Å². The van der Waals surface area contributed by atoms with Crippen molar-refractivity contribution in [3.8, 4) is 11.5 Å². The van der Waals surface area contributed by atoms with E-state index in [9.17, 15) is 9.18 Å². The Morgan fingerprint density at radius 1 is 1.30 bits per heavy atom. The Labute approximate surface area is 140 Å². The predicted octanol–water partition coefficient (Wildman–Crippen LogP) is 4.66. The Bertz CT molecular complexity index is 787. The molecule has 0 fully saturated rings. The summed E-state index contributed by atoms with van der Waals surface area (Å²) in [5.41, 5.74) is 0.691. The number of hydrogen-bond donors (Lipinski definition) is 1. The van der Waals surface area contributed by atoms with E-state index in [2.05, 4.69) is 10.3 Å². The second-order valence-electron chi connectivity index (χ2n) is 4.59. The van der Waals surface area contributed by atoms with Crippen molar-refractivity contribution in [1.29, 1.82) is 0 Å². The molecule has 4 nitrogen and oxygen atoms in total. The number of anilines is 1. The first-order valence-electron chi connectivity index (χ1n) is 6.89. The summed E-state index contributed by atoms with van der Waals surface area (Å²) < 4.78 is 18.7. The summed E-state index contributed by atoms with van der Waals surface area (Å²) in [4.78, 5) is 16.8. The van der Waals surface area contributed by atoms with Crippen LogP contribution in [0.2, 0.25) is 0 Å². The van der Waals surface area contributed by atoms with Gasteiger partial charge in [-0.15, -0.1) is 23.1 Å². The number of amides is 1. The quantitative estimate of drug-likeness (QED) is 0.658. The normalized spacial score (nSPS) is 10.7. The van der Waals surface area contributed by atoms with Gasteiger partial charge < -0.3 is 9.73 Å². The smallest absolute Gasteiger partial charge is 0.226 e. The predicted molar refractivity (Wildman–Crippen MR) is 90.2 cm³/mol. The average molecular weight is 348 g/mol. The lowest BCUT2D eigenvalue weighted by Gasteiger charge is -2.03. The number of halogens is 1. The van der Waals surface area contributed by atoms with Gasteiger partial charge in [0.15, 0.2) is 10.9 Å². The first-order valence-corrected chi connectivity index (χ1v) is 8.75. The minimum absolute atomic E-state index is 0.144. The summed E-state index contributed by atoms with van der Waals surface area (Å²) in [6.45, 7) is 0. The molecule has 118 valence electrons. The second kappa shape index (κ2) is 7.43. The second-order valence-corrected chi connectivity index (χ2v) is 6.59. The van der Waals surface area contributed by atoms with Crippen LogP contribution in [-0.2, 0) is 4.79 Å². The third-order valence-corrected chi connectivity index (χ3v) is 4.76. The van der Waals surface area contributed by atoms with Crippen LogP contribution >= 0.6 is 23.1 Å². The number of benzene rings is 1. The molecule has 0 bridgehead atoms. The van der Waals surface area contributed by atoms with Gasteiger partial charge >= 0.3 is 0 Å². The molecule has 0 saturated heterocycles. The number of furan rings is 1. The van der Waals surface area contributed by atoms with Crippen LogP contribution in [0.5, 0.6) is 0 Å². The van der Waals surface area contributed by atoms with E-state index < -0.39 is 0 Å². The molecule has 2 aromatic heterocycles. The number of carbonyl (C=O) groups excluding carboxylic acids is 1. The lowest BCUT2D eigenvalue weighted by Crippen LogP contribution is -2.11. The lowest BCUT2D eigenvalue weighted by molar-refractivity contribution is -0.115. The van der Waals surface area contributed by atoms with Crippen molar-refractivity contribution in [2.45, 2.75) is 11.3 Å². The fourth-order valence-electron chi connectivity index (χ4n) is 1.87. The molecule has 0 spiro atoms. The van der Waals surface area contributed by atoms with Crippen LogP contribution in [0.4, 0.5) is 9.52 Å². The highest BCUT2D eigenvalue weighted by molar-refractivity contribution is 7.99. The van der Waals surface area contributed by atoms with E-state index in [-0.39, 0.29) is 18.1 Å². The van der Waals surface area contributed by atoms with E-state index in [4.69, 9.17) is 4.42 Å². The summed E-state index contributed by atoms with van der Waals surface area (Å²) in [6.07, 6.45) is 1.86. The largest absolute Gasteiger partial charge is 0.463 e. The van der Waals surface area contributed by atoms with Crippen molar-refractivity contribution in [1.82, 2.24) is 4.98 Å². The number of hydrogen-bond acceptors (Lipinski definition) is 5. The van der Waals surface area contributed by atoms with Crippen molar-refractivity contribution >= 4 is 34.1 Å². The van der Waals surface area contributed by atoms with Crippen molar-refractivity contribution < 1.29 is 13.6 Å². The molecular formula is C16H13FN2O2S2. The third-order valence-electron chi connectivity index (χ3n) is 2.95. The fourth-order valence-corrected chi connectivity index (χ4v) is 3.47. The number of nitrogens with zero attached hydrogens (tertiary/aromatic N) is 1. The van der Waals surface area contributed by atoms with E-state index in [0.29, 0.717) is 27.2 Å². The highest BCUT2D eigenvalue weighted by Crippen LogP contribution is 2.26. The number of aromatic nitrogens is 1. The fraction of sp³-hybridized carbons (Fsp3) is 0.125. The van der Waals surface area contributed by atoms with Crippen molar-refractivity contribution in [3.05, 3.63) is 53.9 Å². The molecule has 0 atom stereocenters. The zero-order valence-corrected chi connectivity index (χ0v) is 13.6. The topological polar surface area (TPSA) is 55.1 Å². The minimum atomic E-state index is -0.263. The molecule has 0 unspecified atom stereocenters. The highest BCUT2D eigenvalue weighted by Gasteiger charge is 2.10. The maximum atomic E-state index is 13.5. The molecule has 0 radical (unpaired) electrons. The van der Waals surface area contributed by atoms with Crippen LogP contribution < -0.4 is 5.32 Å². The van der Waals surface area contributed by atoms with Gasteiger partial charge in [0.2, 0.25) is 5.91 Å². The molecule has 1 amide bonds. The standard InChI is InChI=1S/C16H13FN2O2S2/c17-11-4-1-2-6-14(11)22-9-7-15(20)19-16-18-12(10-23-16)13-5-3-8-21-13/h1-6,8,10H,7,9H2,(H,18,19,20). The number of thiazole rings is 1. The monoisotopic (exact) mass is 348 g/mol. The summed E-state index contributed by atoms with van der Waals surface area (Å²) in [7, 11) is 0. The van der Waals surface area contributed by atoms with Gasteiger partial charge in [-0.05, 0) is 24.3 Å². The molecule has 3 aromatic rings. The third kappa shape index (κ3) is 4.20. The Hall–Kier alpha value is -2.12. The van der Waals surface area contributed by atoms with Crippen LogP contribution in [0, 0.1) is 5.82 Å². The van der Waals surface area contributed by atoms with Crippen molar-refractivity contribution in [3.63, 3.8) is 0 Å². The molecule has 0 aliphatic rings. The Morgan fingerprint density at radius 2 is 2.17 bits per heavy atom. The number of nitrogens with one attached hydrogen (secondary N) is 1. The van der Waals surface area contributed by atoms with Gasteiger partial charge in [-0.2, -0.15) is 0 Å². The molecule has 1 aromatic carbocycles. The Morgan fingerprint density at radius 3 is 2.96 bits per heavy atom. The van der Waals surface area contributed by atoms with Gasteiger partial charge in [-0.1, -0.05) is 12.1 Å². The van der Waals surface area contributed by atoms with E-state index in [1.165, 1.54) is 29.2 Å². The Balaban J connectivity index is 1.49.